The number of nitrogens with zero attached hydrogens (tertiary/aromatic N) is 1. The van der Waals surface area contributed by atoms with Crippen LogP contribution in [0.25, 0.3) is 0 Å². The van der Waals surface area contributed by atoms with Gasteiger partial charge >= 0.3 is 0 Å². The van der Waals surface area contributed by atoms with Crippen LogP contribution >= 0.6 is 0 Å². The summed E-state index contributed by atoms with van der Waals surface area (Å²) >= 11 is 0. The Hall–Kier alpha value is -3.79. The highest BCUT2D eigenvalue weighted by Crippen LogP contribution is 2.35. The summed E-state index contributed by atoms with van der Waals surface area (Å²) in [5, 5.41) is 2.66. The van der Waals surface area contributed by atoms with E-state index in [-0.39, 0.29) is 23.1 Å². The number of methoxy groups -OCH3 is 1. The molecular formula is C22H19FN2O6S. The van der Waals surface area contributed by atoms with Gasteiger partial charge in [-0.15, -0.1) is 0 Å². The highest BCUT2D eigenvalue weighted by atomic mass is 32.2. The SMILES string of the molecule is COc1ccccc1N(CC(=O)Nc1ccc2c(c1)OCO2)S(=O)(=O)c1ccc(F)cc1. The van der Waals surface area contributed by atoms with Gasteiger partial charge in [-0.1, -0.05) is 12.1 Å². The number of anilines is 2. The molecule has 0 spiro atoms. The van der Waals surface area contributed by atoms with Crippen molar-refractivity contribution in [2.45, 2.75) is 4.90 Å². The fraction of sp³-hybridized carbons (Fsp3) is 0.136. The van der Waals surface area contributed by atoms with E-state index in [1.54, 1.807) is 36.4 Å². The molecule has 0 radical (unpaired) electrons. The third kappa shape index (κ3) is 4.30. The molecule has 0 aliphatic carbocycles. The highest BCUT2D eigenvalue weighted by molar-refractivity contribution is 7.92. The van der Waals surface area contributed by atoms with E-state index in [2.05, 4.69) is 5.32 Å². The van der Waals surface area contributed by atoms with Gasteiger partial charge in [-0.3, -0.25) is 9.10 Å². The van der Waals surface area contributed by atoms with Gasteiger partial charge in [-0.25, -0.2) is 12.8 Å². The number of para-hydroxylation sites is 2. The van der Waals surface area contributed by atoms with Crippen LogP contribution in [0.15, 0.2) is 71.6 Å². The van der Waals surface area contributed by atoms with E-state index >= 15 is 0 Å². The van der Waals surface area contributed by atoms with Gasteiger partial charge in [0, 0.05) is 11.8 Å². The lowest BCUT2D eigenvalue weighted by atomic mass is 10.2. The van der Waals surface area contributed by atoms with Crippen molar-refractivity contribution in [3.63, 3.8) is 0 Å². The van der Waals surface area contributed by atoms with E-state index in [0.717, 1.165) is 28.6 Å². The number of halogens is 1. The van der Waals surface area contributed by atoms with Crippen LogP contribution in [0.4, 0.5) is 15.8 Å². The first kappa shape index (κ1) is 21.4. The molecule has 32 heavy (non-hydrogen) atoms. The van der Waals surface area contributed by atoms with Crippen LogP contribution in [-0.2, 0) is 14.8 Å². The van der Waals surface area contributed by atoms with Crippen molar-refractivity contribution in [3.8, 4) is 17.2 Å². The second-order valence-corrected chi connectivity index (χ2v) is 8.62. The average molecular weight is 458 g/mol. The van der Waals surface area contributed by atoms with Gasteiger partial charge < -0.3 is 19.5 Å². The van der Waals surface area contributed by atoms with E-state index in [1.807, 2.05) is 0 Å². The van der Waals surface area contributed by atoms with Gasteiger partial charge in [-0.05, 0) is 48.5 Å². The second-order valence-electron chi connectivity index (χ2n) is 6.75. The molecule has 8 nitrogen and oxygen atoms in total. The van der Waals surface area contributed by atoms with E-state index in [4.69, 9.17) is 14.2 Å². The minimum atomic E-state index is -4.22. The van der Waals surface area contributed by atoms with Gasteiger partial charge in [0.05, 0.1) is 17.7 Å². The summed E-state index contributed by atoms with van der Waals surface area (Å²) in [5.74, 6) is 0.115. The molecule has 0 saturated heterocycles. The fourth-order valence-electron chi connectivity index (χ4n) is 3.17. The molecule has 0 aromatic heterocycles. The van der Waals surface area contributed by atoms with Gasteiger partial charge in [0.1, 0.15) is 18.1 Å². The average Bonchev–Trinajstić information content (AvgIpc) is 3.25. The van der Waals surface area contributed by atoms with E-state index in [1.165, 1.54) is 13.2 Å². The molecule has 0 saturated carbocycles. The van der Waals surface area contributed by atoms with Gasteiger partial charge in [0.15, 0.2) is 11.5 Å². The zero-order valence-corrected chi connectivity index (χ0v) is 17.8. The normalized spacial score (nSPS) is 12.3. The first-order valence-corrected chi connectivity index (χ1v) is 10.9. The van der Waals surface area contributed by atoms with Crippen LogP contribution in [0.5, 0.6) is 17.2 Å². The van der Waals surface area contributed by atoms with Crippen LogP contribution in [0.2, 0.25) is 0 Å². The number of amides is 1. The van der Waals surface area contributed by atoms with Crippen molar-refractivity contribution >= 4 is 27.3 Å². The Labute approximate surface area is 184 Å². The monoisotopic (exact) mass is 458 g/mol. The molecule has 1 N–H and O–H groups in total. The molecule has 0 atom stereocenters. The van der Waals surface area contributed by atoms with Crippen LogP contribution < -0.4 is 23.8 Å². The smallest absolute Gasteiger partial charge is 0.264 e. The Morgan fingerprint density at radius 2 is 1.78 bits per heavy atom. The maximum Gasteiger partial charge on any atom is 0.264 e. The Balaban J connectivity index is 1.66. The van der Waals surface area contributed by atoms with Gasteiger partial charge in [0.2, 0.25) is 12.7 Å². The lowest BCUT2D eigenvalue weighted by molar-refractivity contribution is -0.114. The summed E-state index contributed by atoms with van der Waals surface area (Å²) in [4.78, 5) is 12.7. The molecule has 10 heteroatoms. The summed E-state index contributed by atoms with van der Waals surface area (Å²) in [5.41, 5.74) is 0.582. The quantitative estimate of drug-likeness (QED) is 0.583. The first-order chi connectivity index (χ1) is 15.4. The Bertz CT molecular complexity index is 1250. The number of benzene rings is 3. The molecule has 1 aliphatic heterocycles. The van der Waals surface area contributed by atoms with Crippen molar-refractivity contribution in [2.24, 2.45) is 0 Å². The fourth-order valence-corrected chi connectivity index (χ4v) is 4.61. The number of hydrogen-bond acceptors (Lipinski definition) is 6. The predicted octanol–water partition coefficient (Wildman–Crippen LogP) is 3.40. The van der Waals surface area contributed by atoms with Crippen LogP contribution in [0.1, 0.15) is 0 Å². The highest BCUT2D eigenvalue weighted by Gasteiger charge is 2.29. The second kappa shape index (κ2) is 8.75. The third-order valence-electron chi connectivity index (χ3n) is 4.70. The lowest BCUT2D eigenvalue weighted by Crippen LogP contribution is -2.38. The van der Waals surface area contributed by atoms with E-state index < -0.39 is 28.3 Å². The summed E-state index contributed by atoms with van der Waals surface area (Å²) in [6.45, 7) is -0.460. The van der Waals surface area contributed by atoms with E-state index in [0.29, 0.717) is 17.2 Å². The molecule has 4 rings (SSSR count). The van der Waals surface area contributed by atoms with Crippen LogP contribution in [-0.4, -0.2) is 34.8 Å². The largest absolute Gasteiger partial charge is 0.495 e. The van der Waals surface area contributed by atoms with Gasteiger partial charge in [-0.2, -0.15) is 0 Å². The number of carbonyl (C=O) groups excluding carboxylic acids is 1. The number of carbonyl (C=O) groups is 1. The number of nitrogens with one attached hydrogen (secondary N) is 1. The number of hydrogen-bond donors (Lipinski definition) is 1. The molecule has 1 heterocycles. The molecule has 0 unspecified atom stereocenters. The maximum absolute atomic E-state index is 13.4. The lowest BCUT2D eigenvalue weighted by Gasteiger charge is -2.25. The summed E-state index contributed by atoms with van der Waals surface area (Å²) in [6, 6.07) is 15.6. The Morgan fingerprint density at radius 1 is 1.06 bits per heavy atom. The number of fused-ring (bicyclic) bond motifs is 1. The molecule has 1 amide bonds. The van der Waals surface area contributed by atoms with Crippen molar-refractivity contribution in [1.29, 1.82) is 0 Å². The first-order valence-electron chi connectivity index (χ1n) is 9.49. The number of ether oxygens (including phenoxy) is 3. The van der Waals surface area contributed by atoms with E-state index in [9.17, 15) is 17.6 Å². The molecule has 3 aromatic rings. The van der Waals surface area contributed by atoms with Crippen molar-refractivity contribution in [3.05, 3.63) is 72.5 Å². The zero-order chi connectivity index (χ0) is 22.7. The summed E-state index contributed by atoms with van der Waals surface area (Å²) in [6.07, 6.45) is 0. The molecule has 0 fully saturated rings. The molecular weight excluding hydrogens is 439 g/mol. The van der Waals surface area contributed by atoms with Crippen molar-refractivity contribution in [1.82, 2.24) is 0 Å². The third-order valence-corrected chi connectivity index (χ3v) is 6.47. The summed E-state index contributed by atoms with van der Waals surface area (Å²) < 4.78 is 56.9. The number of rotatable bonds is 7. The molecule has 166 valence electrons. The Morgan fingerprint density at radius 3 is 2.53 bits per heavy atom. The maximum atomic E-state index is 13.4. The molecule has 3 aromatic carbocycles. The van der Waals surface area contributed by atoms with Crippen LogP contribution in [0, 0.1) is 5.82 Å². The molecule has 0 bridgehead atoms. The predicted molar refractivity (Wildman–Crippen MR) is 115 cm³/mol. The zero-order valence-electron chi connectivity index (χ0n) is 16.9. The Kier molecular flexibility index (Phi) is 5.87. The molecule has 1 aliphatic rings. The standard InChI is InChI=1S/C22H19FN2O6S/c1-29-19-5-3-2-4-18(19)25(32(27,28)17-9-6-15(23)7-10-17)13-22(26)24-16-8-11-20-21(12-16)31-14-30-20/h2-12H,13-14H2,1H3,(H,24,26). The number of sulfonamides is 1. The topological polar surface area (TPSA) is 94.2 Å². The minimum absolute atomic E-state index is 0.0875. The minimum Gasteiger partial charge on any atom is -0.495 e. The van der Waals surface area contributed by atoms with Crippen molar-refractivity contribution < 1.29 is 31.8 Å². The van der Waals surface area contributed by atoms with Gasteiger partial charge in [0.25, 0.3) is 10.0 Å². The van der Waals surface area contributed by atoms with Crippen LogP contribution in [0.3, 0.4) is 0 Å². The summed E-state index contributed by atoms with van der Waals surface area (Å²) in [7, 11) is -2.82. The van der Waals surface area contributed by atoms with Crippen molar-refractivity contribution in [2.75, 3.05) is 30.1 Å².